The fourth-order valence-electron chi connectivity index (χ4n) is 2.01. The molecule has 0 heterocycles. The minimum absolute atomic E-state index is 0.00130. The number of rotatable bonds is 8. The van der Waals surface area contributed by atoms with E-state index in [0.717, 1.165) is 25.7 Å². The van der Waals surface area contributed by atoms with Gasteiger partial charge in [0, 0.05) is 12.0 Å². The van der Waals surface area contributed by atoms with Crippen molar-refractivity contribution in [1.29, 1.82) is 0 Å². The van der Waals surface area contributed by atoms with E-state index < -0.39 is 5.97 Å². The number of aliphatic carboxylic acids is 1. The fraction of sp³-hybridized carbons (Fsp3) is 0.867. The summed E-state index contributed by atoms with van der Waals surface area (Å²) in [6.45, 7) is 9.96. The van der Waals surface area contributed by atoms with Crippen LogP contribution in [0.5, 0.6) is 0 Å². The molecule has 2 N–H and O–H groups in total. The summed E-state index contributed by atoms with van der Waals surface area (Å²) in [7, 11) is 0. The van der Waals surface area contributed by atoms with E-state index in [-0.39, 0.29) is 29.7 Å². The van der Waals surface area contributed by atoms with Crippen LogP contribution in [0.4, 0.5) is 0 Å². The highest BCUT2D eigenvalue weighted by Crippen LogP contribution is 2.23. The molecule has 0 rings (SSSR count). The number of carboxylic acid groups (broad SMARTS) is 1. The largest absolute Gasteiger partial charge is 0.481 e. The van der Waals surface area contributed by atoms with Gasteiger partial charge < -0.3 is 10.4 Å². The molecule has 0 aromatic rings. The molecule has 0 aliphatic rings. The smallest absolute Gasteiger partial charge is 0.305 e. The van der Waals surface area contributed by atoms with Crippen LogP contribution in [0, 0.1) is 11.3 Å². The summed E-state index contributed by atoms with van der Waals surface area (Å²) in [4.78, 5) is 23.1. The van der Waals surface area contributed by atoms with Crippen molar-refractivity contribution in [2.75, 3.05) is 0 Å². The minimum atomic E-state index is -0.873. The maximum Gasteiger partial charge on any atom is 0.305 e. The minimum Gasteiger partial charge on any atom is -0.481 e. The standard InChI is InChI=1S/C15H29NO3/c1-6-8-9-11(7-2)14(19)16-12(10-13(17)18)15(3,4)5/h11-12H,6-10H2,1-5H3,(H,16,19)(H,17,18). The molecule has 0 aliphatic heterocycles. The van der Waals surface area contributed by atoms with Crippen molar-refractivity contribution in [3.8, 4) is 0 Å². The highest BCUT2D eigenvalue weighted by atomic mass is 16.4. The summed E-state index contributed by atoms with van der Waals surface area (Å²) in [5, 5.41) is 11.9. The number of unbranched alkanes of at least 4 members (excludes halogenated alkanes) is 1. The monoisotopic (exact) mass is 271 g/mol. The van der Waals surface area contributed by atoms with Gasteiger partial charge in [-0.3, -0.25) is 9.59 Å². The first kappa shape index (κ1) is 17.9. The van der Waals surface area contributed by atoms with Gasteiger partial charge in [0.1, 0.15) is 0 Å². The number of carboxylic acids is 1. The number of hydrogen-bond donors (Lipinski definition) is 2. The van der Waals surface area contributed by atoms with Crippen LogP contribution in [-0.2, 0) is 9.59 Å². The van der Waals surface area contributed by atoms with E-state index in [2.05, 4.69) is 12.2 Å². The normalized spacial score (nSPS) is 14.8. The van der Waals surface area contributed by atoms with Crippen LogP contribution >= 0.6 is 0 Å². The molecule has 4 nitrogen and oxygen atoms in total. The lowest BCUT2D eigenvalue weighted by Gasteiger charge is -2.31. The van der Waals surface area contributed by atoms with Crippen molar-refractivity contribution in [2.45, 2.75) is 72.8 Å². The maximum atomic E-state index is 12.2. The number of nitrogens with one attached hydrogen (secondary N) is 1. The summed E-state index contributed by atoms with van der Waals surface area (Å²) in [6, 6.07) is -0.326. The molecular formula is C15H29NO3. The maximum absolute atomic E-state index is 12.2. The summed E-state index contributed by atoms with van der Waals surface area (Å²) >= 11 is 0. The average molecular weight is 271 g/mol. The van der Waals surface area contributed by atoms with Crippen LogP contribution in [0.1, 0.15) is 66.7 Å². The topological polar surface area (TPSA) is 66.4 Å². The Hall–Kier alpha value is -1.06. The Kier molecular flexibility index (Phi) is 7.72. The summed E-state index contributed by atoms with van der Waals surface area (Å²) in [5.41, 5.74) is -0.253. The van der Waals surface area contributed by atoms with Gasteiger partial charge in [0.05, 0.1) is 6.42 Å². The Bertz CT molecular complexity index is 294. The Labute approximate surface area is 117 Å². The third-order valence-electron chi connectivity index (χ3n) is 3.51. The SMILES string of the molecule is CCCCC(CC)C(=O)NC(CC(=O)O)C(C)(C)C. The van der Waals surface area contributed by atoms with Gasteiger partial charge in [-0.2, -0.15) is 0 Å². The van der Waals surface area contributed by atoms with Crippen molar-refractivity contribution < 1.29 is 14.7 Å². The Balaban J connectivity index is 4.64. The lowest BCUT2D eigenvalue weighted by atomic mass is 9.84. The summed E-state index contributed by atoms with van der Waals surface area (Å²) < 4.78 is 0. The van der Waals surface area contributed by atoms with E-state index in [0.29, 0.717) is 0 Å². The third kappa shape index (κ3) is 7.19. The Morgan fingerprint density at radius 2 is 1.79 bits per heavy atom. The number of carbonyl (C=O) groups is 2. The van der Waals surface area contributed by atoms with Gasteiger partial charge in [-0.1, -0.05) is 47.5 Å². The molecule has 0 saturated heterocycles. The zero-order valence-corrected chi connectivity index (χ0v) is 13.0. The van der Waals surface area contributed by atoms with Gasteiger partial charge in [-0.05, 0) is 18.3 Å². The molecule has 0 spiro atoms. The first-order chi connectivity index (χ1) is 8.72. The Morgan fingerprint density at radius 3 is 2.16 bits per heavy atom. The second kappa shape index (κ2) is 8.18. The van der Waals surface area contributed by atoms with Crippen LogP contribution < -0.4 is 5.32 Å². The molecule has 4 heteroatoms. The molecule has 2 atom stereocenters. The van der Waals surface area contributed by atoms with E-state index in [1.165, 1.54) is 0 Å². The molecule has 0 aliphatic carbocycles. The van der Waals surface area contributed by atoms with Gasteiger partial charge in [0.25, 0.3) is 0 Å². The van der Waals surface area contributed by atoms with Gasteiger partial charge in [-0.15, -0.1) is 0 Å². The molecular weight excluding hydrogens is 242 g/mol. The van der Waals surface area contributed by atoms with Gasteiger partial charge in [0.2, 0.25) is 5.91 Å². The van der Waals surface area contributed by atoms with Crippen molar-refractivity contribution in [3.63, 3.8) is 0 Å². The number of hydrogen-bond acceptors (Lipinski definition) is 2. The van der Waals surface area contributed by atoms with Crippen molar-refractivity contribution >= 4 is 11.9 Å². The van der Waals surface area contributed by atoms with E-state index in [1.807, 2.05) is 27.7 Å². The molecule has 1 amide bonds. The number of amides is 1. The molecule has 0 radical (unpaired) electrons. The Morgan fingerprint density at radius 1 is 1.21 bits per heavy atom. The van der Waals surface area contributed by atoms with E-state index >= 15 is 0 Å². The van der Waals surface area contributed by atoms with E-state index in [9.17, 15) is 9.59 Å². The van der Waals surface area contributed by atoms with Crippen LogP contribution in [0.2, 0.25) is 0 Å². The third-order valence-corrected chi connectivity index (χ3v) is 3.51. The summed E-state index contributed by atoms with van der Waals surface area (Å²) in [6.07, 6.45) is 3.75. The van der Waals surface area contributed by atoms with Crippen LogP contribution in [-0.4, -0.2) is 23.0 Å². The molecule has 2 unspecified atom stereocenters. The zero-order valence-electron chi connectivity index (χ0n) is 13.0. The van der Waals surface area contributed by atoms with Crippen LogP contribution in [0.15, 0.2) is 0 Å². The van der Waals surface area contributed by atoms with E-state index in [1.54, 1.807) is 0 Å². The second-order valence-corrected chi connectivity index (χ2v) is 6.27. The molecule has 0 saturated carbocycles. The average Bonchev–Trinajstić information content (AvgIpc) is 2.27. The molecule has 0 aromatic carbocycles. The number of carbonyl (C=O) groups excluding carboxylic acids is 1. The summed E-state index contributed by atoms with van der Waals surface area (Å²) in [5.74, 6) is -0.877. The fourth-order valence-corrected chi connectivity index (χ4v) is 2.01. The van der Waals surface area contributed by atoms with Gasteiger partial charge >= 0.3 is 5.97 Å². The predicted octanol–water partition coefficient (Wildman–Crippen LogP) is 3.21. The van der Waals surface area contributed by atoms with Crippen LogP contribution in [0.3, 0.4) is 0 Å². The quantitative estimate of drug-likeness (QED) is 0.712. The van der Waals surface area contributed by atoms with Crippen molar-refractivity contribution in [2.24, 2.45) is 11.3 Å². The molecule has 0 aromatic heterocycles. The van der Waals surface area contributed by atoms with Crippen molar-refractivity contribution in [1.82, 2.24) is 5.32 Å². The zero-order chi connectivity index (χ0) is 15.1. The van der Waals surface area contributed by atoms with E-state index in [4.69, 9.17) is 5.11 Å². The van der Waals surface area contributed by atoms with Crippen molar-refractivity contribution in [3.05, 3.63) is 0 Å². The first-order valence-corrected chi connectivity index (χ1v) is 7.24. The molecule has 0 bridgehead atoms. The lowest BCUT2D eigenvalue weighted by Crippen LogP contribution is -2.47. The van der Waals surface area contributed by atoms with Gasteiger partial charge in [0.15, 0.2) is 0 Å². The van der Waals surface area contributed by atoms with Crippen LogP contribution in [0.25, 0.3) is 0 Å². The van der Waals surface area contributed by atoms with Gasteiger partial charge in [-0.25, -0.2) is 0 Å². The predicted molar refractivity (Wildman–Crippen MR) is 76.9 cm³/mol. The second-order valence-electron chi connectivity index (χ2n) is 6.27. The molecule has 0 fully saturated rings. The highest BCUT2D eigenvalue weighted by molar-refractivity contribution is 5.79. The highest BCUT2D eigenvalue weighted by Gasteiger charge is 2.30. The molecule has 19 heavy (non-hydrogen) atoms. The lowest BCUT2D eigenvalue weighted by molar-refractivity contribution is -0.138. The molecule has 112 valence electrons. The first-order valence-electron chi connectivity index (χ1n) is 7.24.